The lowest BCUT2D eigenvalue weighted by molar-refractivity contribution is 0.258. The fourth-order valence-corrected chi connectivity index (χ4v) is 4.13. The molecule has 0 aliphatic carbocycles. The molecular weight excluding hydrogens is 406 g/mol. The summed E-state index contributed by atoms with van der Waals surface area (Å²) in [5, 5.41) is 14.1. The lowest BCUT2D eigenvalue weighted by Gasteiger charge is -2.17. The number of hydrogen-bond acceptors (Lipinski definition) is 7. The Hall–Kier alpha value is -2.59. The molecule has 0 bridgehead atoms. The molecule has 2 amide bonds. The number of aromatic nitrogens is 1. The third kappa shape index (κ3) is 5.27. The molecule has 0 aliphatic rings. The van der Waals surface area contributed by atoms with Crippen LogP contribution in [0.1, 0.15) is 5.69 Å². The number of hydrogen-bond donors (Lipinski definition) is 2. The van der Waals surface area contributed by atoms with E-state index < -0.39 is 0 Å². The van der Waals surface area contributed by atoms with Crippen molar-refractivity contribution in [3.63, 3.8) is 0 Å². The Kier molecular flexibility index (Phi) is 6.75. The Morgan fingerprint density at radius 1 is 1.03 bits per heavy atom. The van der Waals surface area contributed by atoms with Crippen LogP contribution >= 0.6 is 23.5 Å². The Bertz CT molecular complexity index is 961. The summed E-state index contributed by atoms with van der Waals surface area (Å²) in [5.74, 6) is 0. The van der Waals surface area contributed by atoms with Crippen LogP contribution in [0.2, 0.25) is 0 Å². The van der Waals surface area contributed by atoms with Crippen molar-refractivity contribution in [3.8, 4) is 11.1 Å². The van der Waals surface area contributed by atoms with Crippen LogP contribution in [0.15, 0.2) is 54.6 Å². The molecule has 0 spiro atoms. The van der Waals surface area contributed by atoms with Gasteiger partial charge in [0.15, 0.2) is 10.1 Å². The lowest BCUT2D eigenvalue weighted by Crippen LogP contribution is -2.31. The molecule has 7 nitrogen and oxygen atoms in total. The zero-order chi connectivity index (χ0) is 21.0. The SMILES string of the molecule is Cc1nc(N(C)C(=O)Nc2ccc(-c3ccccc3)cc2)sc1N(O)SN(C)C. The van der Waals surface area contributed by atoms with E-state index in [0.717, 1.165) is 27.7 Å². The van der Waals surface area contributed by atoms with Crippen molar-refractivity contribution in [1.82, 2.24) is 9.29 Å². The number of amides is 2. The maximum Gasteiger partial charge on any atom is 0.327 e. The van der Waals surface area contributed by atoms with Crippen molar-refractivity contribution < 1.29 is 10.0 Å². The number of anilines is 3. The average molecular weight is 430 g/mol. The minimum Gasteiger partial charge on any atom is -0.307 e. The van der Waals surface area contributed by atoms with Crippen molar-refractivity contribution in [2.24, 2.45) is 0 Å². The highest BCUT2D eigenvalue weighted by molar-refractivity contribution is 7.98. The van der Waals surface area contributed by atoms with E-state index in [0.29, 0.717) is 21.5 Å². The number of thiazole rings is 1. The van der Waals surface area contributed by atoms with E-state index in [1.165, 1.54) is 16.2 Å². The minimum absolute atomic E-state index is 0.303. The molecule has 1 heterocycles. The first kappa shape index (κ1) is 21.1. The second-order valence-electron chi connectivity index (χ2n) is 6.49. The van der Waals surface area contributed by atoms with E-state index in [-0.39, 0.29) is 6.03 Å². The fourth-order valence-electron chi connectivity index (χ4n) is 2.56. The normalized spacial score (nSPS) is 10.8. The van der Waals surface area contributed by atoms with Crippen LogP contribution in [0, 0.1) is 6.92 Å². The fraction of sp³-hybridized carbons (Fsp3) is 0.200. The quantitative estimate of drug-likeness (QED) is 0.419. The summed E-state index contributed by atoms with van der Waals surface area (Å²) in [4.78, 5) is 18.5. The summed E-state index contributed by atoms with van der Waals surface area (Å²) in [6, 6.07) is 17.4. The Morgan fingerprint density at radius 3 is 2.28 bits per heavy atom. The highest BCUT2D eigenvalue weighted by Gasteiger charge is 2.20. The second kappa shape index (κ2) is 9.27. The van der Waals surface area contributed by atoms with Gasteiger partial charge in [0.25, 0.3) is 0 Å². The van der Waals surface area contributed by atoms with Gasteiger partial charge in [0.1, 0.15) is 0 Å². The smallest absolute Gasteiger partial charge is 0.307 e. The average Bonchev–Trinajstić information content (AvgIpc) is 3.10. The van der Waals surface area contributed by atoms with E-state index >= 15 is 0 Å². The molecule has 0 fully saturated rings. The van der Waals surface area contributed by atoms with Crippen molar-refractivity contribution in [2.45, 2.75) is 6.92 Å². The first-order valence-corrected chi connectivity index (χ1v) is 10.4. The van der Waals surface area contributed by atoms with Crippen LogP contribution < -0.4 is 14.7 Å². The van der Waals surface area contributed by atoms with Gasteiger partial charge in [0.05, 0.1) is 17.8 Å². The van der Waals surface area contributed by atoms with Gasteiger partial charge in [0.2, 0.25) is 0 Å². The zero-order valence-electron chi connectivity index (χ0n) is 16.7. The summed E-state index contributed by atoms with van der Waals surface area (Å²) >= 11 is 2.37. The molecule has 9 heteroatoms. The van der Waals surface area contributed by atoms with Gasteiger partial charge < -0.3 is 5.32 Å². The van der Waals surface area contributed by atoms with Crippen LogP contribution in [0.25, 0.3) is 11.1 Å². The van der Waals surface area contributed by atoms with Crippen molar-refractivity contribution in [1.29, 1.82) is 0 Å². The van der Waals surface area contributed by atoms with Crippen LogP contribution in [0.5, 0.6) is 0 Å². The molecule has 0 aliphatic heterocycles. The predicted molar refractivity (Wildman–Crippen MR) is 122 cm³/mol. The number of carbonyl (C=O) groups is 1. The topological polar surface area (TPSA) is 71.9 Å². The minimum atomic E-state index is -0.303. The van der Waals surface area contributed by atoms with Crippen LogP contribution in [-0.4, -0.2) is 41.7 Å². The monoisotopic (exact) mass is 429 g/mol. The van der Waals surface area contributed by atoms with Gasteiger partial charge in [-0.15, -0.1) is 0 Å². The van der Waals surface area contributed by atoms with Crippen molar-refractivity contribution in [3.05, 3.63) is 60.3 Å². The van der Waals surface area contributed by atoms with Crippen LogP contribution in [-0.2, 0) is 0 Å². The first-order valence-electron chi connectivity index (χ1n) is 8.87. The van der Waals surface area contributed by atoms with Crippen molar-refractivity contribution in [2.75, 3.05) is 35.8 Å². The van der Waals surface area contributed by atoms with Crippen LogP contribution in [0.3, 0.4) is 0 Å². The Balaban J connectivity index is 1.68. The number of rotatable bonds is 6. The number of aryl methyl sites for hydroxylation is 1. The number of benzene rings is 2. The van der Waals surface area contributed by atoms with E-state index in [1.54, 1.807) is 18.3 Å². The highest BCUT2D eigenvalue weighted by atomic mass is 32.2. The number of urea groups is 1. The zero-order valence-corrected chi connectivity index (χ0v) is 18.3. The summed E-state index contributed by atoms with van der Waals surface area (Å²) in [5.41, 5.74) is 3.55. The summed E-state index contributed by atoms with van der Waals surface area (Å²) < 4.78 is 2.80. The van der Waals surface area contributed by atoms with Gasteiger partial charge in [-0.3, -0.25) is 10.1 Å². The molecule has 3 aromatic rings. The predicted octanol–water partition coefficient (Wildman–Crippen LogP) is 5.11. The maximum absolute atomic E-state index is 12.6. The molecule has 1 aromatic heterocycles. The van der Waals surface area contributed by atoms with Crippen LogP contribution in [0.4, 0.5) is 20.6 Å². The molecule has 0 unspecified atom stereocenters. The molecule has 2 N–H and O–H groups in total. The highest BCUT2D eigenvalue weighted by Crippen LogP contribution is 2.36. The Labute approximate surface area is 178 Å². The van der Waals surface area contributed by atoms with Gasteiger partial charge in [-0.05, 0) is 44.3 Å². The van der Waals surface area contributed by atoms with Gasteiger partial charge in [0, 0.05) is 12.7 Å². The first-order chi connectivity index (χ1) is 13.8. The summed E-state index contributed by atoms with van der Waals surface area (Å²) in [6.45, 7) is 1.79. The van der Waals surface area contributed by atoms with E-state index in [4.69, 9.17) is 0 Å². The van der Waals surface area contributed by atoms with E-state index in [1.807, 2.05) is 68.7 Å². The largest absolute Gasteiger partial charge is 0.327 e. The van der Waals surface area contributed by atoms with Gasteiger partial charge in [-0.25, -0.2) is 14.1 Å². The Morgan fingerprint density at radius 2 is 1.66 bits per heavy atom. The molecule has 152 valence electrons. The van der Waals surface area contributed by atoms with Gasteiger partial charge in [-0.1, -0.05) is 53.8 Å². The molecule has 0 saturated carbocycles. The maximum atomic E-state index is 12.6. The van der Waals surface area contributed by atoms with E-state index in [2.05, 4.69) is 10.3 Å². The molecule has 0 atom stereocenters. The number of nitrogens with one attached hydrogen (secondary N) is 1. The number of carbonyl (C=O) groups excluding carboxylic acids is 1. The lowest BCUT2D eigenvalue weighted by atomic mass is 10.1. The molecule has 2 aromatic carbocycles. The van der Waals surface area contributed by atoms with Gasteiger partial charge >= 0.3 is 6.03 Å². The third-order valence-corrected chi connectivity index (χ3v) is 6.00. The van der Waals surface area contributed by atoms with Gasteiger partial charge in [-0.2, -0.15) is 4.47 Å². The third-order valence-electron chi connectivity index (χ3n) is 4.01. The van der Waals surface area contributed by atoms with E-state index in [9.17, 15) is 10.0 Å². The molecular formula is C20H23N5O2S2. The molecule has 0 saturated heterocycles. The second-order valence-corrected chi connectivity index (χ2v) is 8.68. The molecule has 29 heavy (non-hydrogen) atoms. The summed E-state index contributed by atoms with van der Waals surface area (Å²) in [7, 11) is 5.30. The molecule has 3 rings (SSSR count). The molecule has 0 radical (unpaired) electrons. The number of nitrogens with zero attached hydrogens (tertiary/aromatic N) is 4. The van der Waals surface area contributed by atoms with Crippen molar-refractivity contribution >= 4 is 45.3 Å². The standard InChI is InChI=1S/C20H23N5O2S2/c1-14-18(25(27)29-23(2)3)28-20(21-14)24(4)19(26)22-17-12-10-16(11-13-17)15-8-6-5-7-9-15/h5-13,27H,1-4H3,(H,22,26). The summed E-state index contributed by atoms with van der Waals surface area (Å²) in [6.07, 6.45) is 0.